The van der Waals surface area contributed by atoms with Gasteiger partial charge in [-0.25, -0.2) is 0 Å². The average molecular weight is 277 g/mol. The molecule has 100 valence electrons. The molecule has 0 aliphatic heterocycles. The summed E-state index contributed by atoms with van der Waals surface area (Å²) >= 11 is 6.13. The van der Waals surface area contributed by atoms with Crippen molar-refractivity contribution in [3.05, 3.63) is 52.4 Å². The number of nitrogens with zero attached hydrogens (tertiary/aromatic N) is 1. The predicted octanol–water partition coefficient (Wildman–Crippen LogP) is 3.74. The maximum Gasteiger partial charge on any atom is 0.150 e. The van der Waals surface area contributed by atoms with Gasteiger partial charge in [-0.2, -0.15) is 0 Å². The molecule has 1 N–H and O–H groups in total. The highest BCUT2D eigenvalue weighted by Crippen LogP contribution is 2.45. The maximum atomic E-state index is 6.13. The van der Waals surface area contributed by atoms with Gasteiger partial charge in [0.25, 0.3) is 0 Å². The zero-order valence-corrected chi connectivity index (χ0v) is 11.9. The van der Waals surface area contributed by atoms with E-state index in [-0.39, 0.29) is 11.5 Å². The third kappa shape index (κ3) is 2.40. The van der Waals surface area contributed by atoms with E-state index in [9.17, 15) is 0 Å². The van der Waals surface area contributed by atoms with Crippen molar-refractivity contribution in [3.8, 4) is 0 Å². The lowest BCUT2D eigenvalue weighted by molar-refractivity contribution is 0.257. The summed E-state index contributed by atoms with van der Waals surface area (Å²) in [5.41, 5.74) is 2.86. The van der Waals surface area contributed by atoms with Gasteiger partial charge >= 0.3 is 0 Å². The van der Waals surface area contributed by atoms with Crippen LogP contribution in [0.5, 0.6) is 0 Å². The fraction of sp³-hybridized carbons (Fsp3) is 0.400. The van der Waals surface area contributed by atoms with Crippen LogP contribution < -0.4 is 5.32 Å². The third-order valence-electron chi connectivity index (χ3n) is 3.82. The van der Waals surface area contributed by atoms with Crippen LogP contribution in [0.25, 0.3) is 0 Å². The molecule has 0 fully saturated rings. The van der Waals surface area contributed by atoms with Gasteiger partial charge in [-0.1, -0.05) is 36.7 Å². The molecule has 1 atom stereocenters. The van der Waals surface area contributed by atoms with Crippen molar-refractivity contribution in [2.75, 3.05) is 0 Å². The van der Waals surface area contributed by atoms with Crippen LogP contribution in [0.3, 0.4) is 0 Å². The smallest absolute Gasteiger partial charge is 0.150 e. The number of halogens is 1. The average Bonchev–Trinajstić information content (AvgIpc) is 2.92. The molecule has 1 unspecified atom stereocenters. The molecule has 19 heavy (non-hydrogen) atoms. The first kappa shape index (κ1) is 12.7. The quantitative estimate of drug-likeness (QED) is 0.928. The summed E-state index contributed by atoms with van der Waals surface area (Å²) in [6.07, 6.45) is 2.73. The fourth-order valence-electron chi connectivity index (χ4n) is 2.93. The third-order valence-corrected chi connectivity index (χ3v) is 4.05. The van der Waals surface area contributed by atoms with Crippen molar-refractivity contribution in [2.24, 2.45) is 5.41 Å². The van der Waals surface area contributed by atoms with Crippen molar-refractivity contribution in [1.29, 1.82) is 0 Å². The minimum absolute atomic E-state index is 0.174. The second-order valence-corrected chi connectivity index (χ2v) is 6.24. The van der Waals surface area contributed by atoms with E-state index in [4.69, 9.17) is 16.1 Å². The molecule has 3 nitrogen and oxygen atoms in total. The molecule has 0 saturated heterocycles. The zero-order chi connectivity index (χ0) is 13.5. The van der Waals surface area contributed by atoms with Gasteiger partial charge in [-0.3, -0.25) is 0 Å². The Balaban J connectivity index is 1.85. The highest BCUT2D eigenvalue weighted by Gasteiger charge is 2.38. The van der Waals surface area contributed by atoms with E-state index in [1.165, 1.54) is 11.1 Å². The number of hydrogen-bond acceptors (Lipinski definition) is 3. The summed E-state index contributed by atoms with van der Waals surface area (Å²) < 4.78 is 5.13. The lowest BCUT2D eigenvalue weighted by Crippen LogP contribution is -2.30. The molecule has 1 aliphatic carbocycles. The SMILES string of the molecule is CC1(C)Cc2ccc(Cl)cc2C1NCc1ccno1. The summed E-state index contributed by atoms with van der Waals surface area (Å²) in [5.74, 6) is 0.853. The Morgan fingerprint density at radius 2 is 2.26 bits per heavy atom. The Morgan fingerprint density at radius 1 is 1.42 bits per heavy atom. The molecular formula is C15H17ClN2O. The normalized spacial score (nSPS) is 20.5. The Morgan fingerprint density at radius 3 is 3.00 bits per heavy atom. The molecule has 0 bridgehead atoms. The molecule has 2 aromatic rings. The molecule has 1 aliphatic rings. The second kappa shape index (κ2) is 4.66. The highest BCUT2D eigenvalue weighted by atomic mass is 35.5. The molecule has 4 heteroatoms. The molecular weight excluding hydrogens is 260 g/mol. The maximum absolute atomic E-state index is 6.13. The van der Waals surface area contributed by atoms with Gasteiger partial charge < -0.3 is 9.84 Å². The summed E-state index contributed by atoms with van der Waals surface area (Å²) in [5, 5.41) is 8.09. The topological polar surface area (TPSA) is 38.1 Å². The zero-order valence-electron chi connectivity index (χ0n) is 11.1. The summed E-state index contributed by atoms with van der Waals surface area (Å²) in [4.78, 5) is 0. The van der Waals surface area contributed by atoms with Crippen LogP contribution in [0.15, 0.2) is 35.0 Å². The van der Waals surface area contributed by atoms with Gasteiger partial charge in [0.2, 0.25) is 0 Å². The Labute approximate surface area is 117 Å². The molecule has 1 aromatic heterocycles. The van der Waals surface area contributed by atoms with E-state index < -0.39 is 0 Å². The Bertz CT molecular complexity index is 578. The van der Waals surface area contributed by atoms with Crippen LogP contribution in [0.4, 0.5) is 0 Å². The van der Waals surface area contributed by atoms with Crippen molar-refractivity contribution < 1.29 is 4.52 Å². The number of rotatable bonds is 3. The summed E-state index contributed by atoms with van der Waals surface area (Å²) in [6.45, 7) is 5.23. The first-order valence-corrected chi connectivity index (χ1v) is 6.85. The largest absolute Gasteiger partial charge is 0.360 e. The number of aromatic nitrogens is 1. The first-order chi connectivity index (χ1) is 9.06. The van der Waals surface area contributed by atoms with Crippen LogP contribution >= 0.6 is 11.6 Å². The van der Waals surface area contributed by atoms with Crippen LogP contribution in [0.1, 0.15) is 36.8 Å². The second-order valence-electron chi connectivity index (χ2n) is 5.80. The number of fused-ring (bicyclic) bond motifs is 1. The summed E-state index contributed by atoms with van der Waals surface area (Å²) in [6, 6.07) is 8.34. The van der Waals surface area contributed by atoms with Crippen molar-refractivity contribution in [3.63, 3.8) is 0 Å². The molecule has 0 spiro atoms. The van der Waals surface area contributed by atoms with Gasteiger partial charge in [-0.05, 0) is 35.1 Å². The van der Waals surface area contributed by atoms with Crippen molar-refractivity contribution in [2.45, 2.75) is 32.9 Å². The molecule has 0 amide bonds. The number of benzene rings is 1. The van der Waals surface area contributed by atoms with Crippen molar-refractivity contribution >= 4 is 11.6 Å². The lowest BCUT2D eigenvalue weighted by atomic mass is 9.85. The van der Waals surface area contributed by atoms with Crippen LogP contribution in [-0.2, 0) is 13.0 Å². The van der Waals surface area contributed by atoms with Crippen LogP contribution in [0, 0.1) is 5.41 Å². The Hall–Kier alpha value is -1.32. The van der Waals surface area contributed by atoms with Crippen molar-refractivity contribution in [1.82, 2.24) is 10.5 Å². The van der Waals surface area contributed by atoms with Gasteiger partial charge in [0.1, 0.15) is 5.76 Å². The molecule has 1 aromatic carbocycles. The monoisotopic (exact) mass is 276 g/mol. The van der Waals surface area contributed by atoms with E-state index in [0.717, 1.165) is 17.2 Å². The van der Waals surface area contributed by atoms with Gasteiger partial charge in [0, 0.05) is 17.1 Å². The molecule has 3 rings (SSSR count). The molecule has 0 radical (unpaired) electrons. The minimum Gasteiger partial charge on any atom is -0.360 e. The minimum atomic E-state index is 0.174. The van der Waals surface area contributed by atoms with E-state index >= 15 is 0 Å². The van der Waals surface area contributed by atoms with Crippen LogP contribution in [0.2, 0.25) is 5.02 Å². The van der Waals surface area contributed by atoms with Gasteiger partial charge in [-0.15, -0.1) is 0 Å². The van der Waals surface area contributed by atoms with E-state index in [0.29, 0.717) is 6.54 Å². The first-order valence-electron chi connectivity index (χ1n) is 6.47. The molecule has 0 saturated carbocycles. The Kier molecular flexibility index (Phi) is 3.11. The number of hydrogen-bond donors (Lipinski definition) is 1. The van der Waals surface area contributed by atoms with Gasteiger partial charge in [0.15, 0.2) is 0 Å². The molecule has 1 heterocycles. The lowest BCUT2D eigenvalue weighted by Gasteiger charge is -2.28. The highest BCUT2D eigenvalue weighted by molar-refractivity contribution is 6.30. The summed E-state index contributed by atoms with van der Waals surface area (Å²) in [7, 11) is 0. The fourth-order valence-corrected chi connectivity index (χ4v) is 3.11. The van der Waals surface area contributed by atoms with E-state index in [2.05, 4.69) is 36.5 Å². The van der Waals surface area contributed by atoms with Gasteiger partial charge in [0.05, 0.1) is 12.7 Å². The van der Waals surface area contributed by atoms with Crippen LogP contribution in [-0.4, -0.2) is 5.16 Å². The van der Waals surface area contributed by atoms with E-state index in [1.54, 1.807) is 6.20 Å². The number of nitrogens with one attached hydrogen (secondary N) is 1. The van der Waals surface area contributed by atoms with E-state index in [1.807, 2.05) is 12.1 Å². The standard InChI is InChI=1S/C15H17ClN2O/c1-15(2)8-10-3-4-11(16)7-13(10)14(15)17-9-12-5-6-18-19-12/h3-7,14,17H,8-9H2,1-2H3. The predicted molar refractivity (Wildman–Crippen MR) is 75.0 cm³/mol.